The van der Waals surface area contributed by atoms with Gasteiger partial charge in [0.1, 0.15) is 18.2 Å². The van der Waals surface area contributed by atoms with Crippen LogP contribution in [0.3, 0.4) is 0 Å². The highest BCUT2D eigenvalue weighted by atomic mass is 32.2. The van der Waals surface area contributed by atoms with Gasteiger partial charge in [0.05, 0.1) is 0 Å². The molecule has 5 heteroatoms. The summed E-state index contributed by atoms with van der Waals surface area (Å²) in [5.41, 5.74) is 3.60. The monoisotopic (exact) mass is 339 g/mol. The molecule has 3 nitrogen and oxygen atoms in total. The Morgan fingerprint density at radius 1 is 1.30 bits per heavy atom. The van der Waals surface area contributed by atoms with E-state index in [0.717, 1.165) is 27.9 Å². The first-order valence-electron chi connectivity index (χ1n) is 7.01. The molecule has 1 aromatic heterocycles. The Bertz CT molecular complexity index is 813. The predicted octanol–water partition coefficient (Wildman–Crippen LogP) is 4.77. The number of allylic oxidation sites excluding steroid dienone is 2. The zero-order chi connectivity index (χ0) is 16.1. The van der Waals surface area contributed by atoms with E-state index >= 15 is 0 Å². The van der Waals surface area contributed by atoms with E-state index in [9.17, 15) is 10.1 Å². The Balaban J connectivity index is 1.73. The van der Waals surface area contributed by atoms with Crippen LogP contribution in [0, 0.1) is 11.3 Å². The lowest BCUT2D eigenvalue weighted by atomic mass is 10.1. The van der Waals surface area contributed by atoms with E-state index in [0.29, 0.717) is 23.7 Å². The molecular formula is C18H13NO2S2. The first-order chi connectivity index (χ1) is 11.3. The van der Waals surface area contributed by atoms with Crippen molar-refractivity contribution in [2.45, 2.75) is 6.42 Å². The summed E-state index contributed by atoms with van der Waals surface area (Å²) in [7, 11) is 0. The predicted molar refractivity (Wildman–Crippen MR) is 94.4 cm³/mol. The van der Waals surface area contributed by atoms with Crippen molar-refractivity contribution < 1.29 is 9.53 Å². The molecule has 0 saturated heterocycles. The summed E-state index contributed by atoms with van der Waals surface area (Å²) in [6.45, 7) is 0.430. The van der Waals surface area contributed by atoms with Crippen LogP contribution in [0.2, 0.25) is 0 Å². The van der Waals surface area contributed by atoms with Crippen molar-refractivity contribution in [1.29, 1.82) is 5.26 Å². The lowest BCUT2D eigenvalue weighted by molar-refractivity contribution is -0.104. The van der Waals surface area contributed by atoms with E-state index in [2.05, 4.69) is 6.07 Å². The molecule has 0 spiro atoms. The summed E-state index contributed by atoms with van der Waals surface area (Å²) >= 11 is 2.85. The topological polar surface area (TPSA) is 50.1 Å². The van der Waals surface area contributed by atoms with Crippen LogP contribution in [-0.2, 0) is 4.79 Å². The Morgan fingerprint density at radius 3 is 2.78 bits per heavy atom. The van der Waals surface area contributed by atoms with Crippen LogP contribution < -0.4 is 4.74 Å². The maximum Gasteiger partial charge on any atom is 0.192 e. The van der Waals surface area contributed by atoms with Gasteiger partial charge in [-0.05, 0) is 23.0 Å². The molecule has 0 aliphatic carbocycles. The van der Waals surface area contributed by atoms with Gasteiger partial charge in [0.2, 0.25) is 0 Å². The van der Waals surface area contributed by atoms with Gasteiger partial charge in [-0.3, -0.25) is 4.79 Å². The smallest absolute Gasteiger partial charge is 0.192 e. The lowest BCUT2D eigenvalue weighted by Crippen LogP contribution is -2.02. The fourth-order valence-corrected chi connectivity index (χ4v) is 3.77. The van der Waals surface area contributed by atoms with Gasteiger partial charge in [-0.25, -0.2) is 0 Å². The Morgan fingerprint density at radius 2 is 2.13 bits per heavy atom. The van der Waals surface area contributed by atoms with Crippen molar-refractivity contribution in [2.24, 2.45) is 0 Å². The molecule has 0 atom stereocenters. The highest BCUT2D eigenvalue weighted by molar-refractivity contribution is 8.06. The molecule has 0 saturated carbocycles. The Labute approximate surface area is 142 Å². The molecule has 1 aliphatic rings. The minimum Gasteiger partial charge on any atom is -0.478 e. The third kappa shape index (κ3) is 3.55. The van der Waals surface area contributed by atoms with E-state index in [-0.39, 0.29) is 0 Å². The average Bonchev–Trinajstić information content (AvgIpc) is 3.04. The SMILES string of the molecule is N#Cc1c(-c2ccccc2)csc1OCC1=CSC(C=O)=CC1. The maximum atomic E-state index is 10.7. The number of ether oxygens (including phenoxy) is 1. The van der Waals surface area contributed by atoms with Crippen molar-refractivity contribution in [1.82, 2.24) is 0 Å². The van der Waals surface area contributed by atoms with Crippen molar-refractivity contribution in [3.8, 4) is 22.3 Å². The molecule has 0 bridgehead atoms. The number of benzene rings is 1. The zero-order valence-corrected chi connectivity index (χ0v) is 13.8. The first-order valence-corrected chi connectivity index (χ1v) is 8.77. The third-order valence-electron chi connectivity index (χ3n) is 3.39. The second-order valence-corrected chi connectivity index (χ2v) is 6.69. The highest BCUT2D eigenvalue weighted by Crippen LogP contribution is 2.37. The van der Waals surface area contributed by atoms with Gasteiger partial charge in [-0.15, -0.1) is 11.3 Å². The fourth-order valence-electron chi connectivity index (χ4n) is 2.19. The minimum absolute atomic E-state index is 0.430. The van der Waals surface area contributed by atoms with Crippen LogP contribution in [-0.4, -0.2) is 12.9 Å². The molecular weight excluding hydrogens is 326 g/mol. The normalized spacial score (nSPS) is 13.7. The largest absolute Gasteiger partial charge is 0.478 e. The number of nitriles is 1. The third-order valence-corrected chi connectivity index (χ3v) is 5.26. The van der Waals surface area contributed by atoms with E-state index in [1.165, 1.54) is 23.1 Å². The lowest BCUT2D eigenvalue weighted by Gasteiger charge is -2.11. The van der Waals surface area contributed by atoms with Crippen LogP contribution in [0.15, 0.2) is 57.7 Å². The summed E-state index contributed by atoms with van der Waals surface area (Å²) in [5.74, 6) is 0. The Hall–Kier alpha value is -2.29. The number of carbonyl (C=O) groups is 1. The van der Waals surface area contributed by atoms with E-state index < -0.39 is 0 Å². The summed E-state index contributed by atoms with van der Waals surface area (Å²) in [5, 5.41) is 14.0. The first kappa shape index (κ1) is 15.6. The summed E-state index contributed by atoms with van der Waals surface area (Å²) in [4.78, 5) is 11.4. The second kappa shape index (κ2) is 7.32. The molecule has 23 heavy (non-hydrogen) atoms. The van der Waals surface area contributed by atoms with Gasteiger partial charge < -0.3 is 4.74 Å². The molecule has 0 radical (unpaired) electrons. The molecule has 2 aromatic rings. The quantitative estimate of drug-likeness (QED) is 0.736. The number of thioether (sulfide) groups is 1. The van der Waals surface area contributed by atoms with Crippen LogP contribution in [0.25, 0.3) is 11.1 Å². The number of rotatable bonds is 5. The average molecular weight is 339 g/mol. The van der Waals surface area contributed by atoms with Gasteiger partial charge >= 0.3 is 0 Å². The number of thiophene rings is 1. The number of hydrogen-bond donors (Lipinski definition) is 0. The van der Waals surface area contributed by atoms with Gasteiger partial charge in [-0.2, -0.15) is 5.26 Å². The standard InChI is InChI=1S/C18H13NO2S2/c19-8-16-17(14-4-2-1-3-5-14)12-23-18(16)21-10-13-6-7-15(9-20)22-11-13/h1-5,7,9,11-12H,6,10H2. The summed E-state index contributed by atoms with van der Waals surface area (Å²) in [6, 6.07) is 12.1. The van der Waals surface area contributed by atoms with E-state index in [4.69, 9.17) is 4.74 Å². The number of hydrogen-bond acceptors (Lipinski definition) is 5. The van der Waals surface area contributed by atoms with Crippen molar-refractivity contribution in [3.63, 3.8) is 0 Å². The van der Waals surface area contributed by atoms with Gasteiger partial charge in [0.25, 0.3) is 0 Å². The van der Waals surface area contributed by atoms with Gasteiger partial charge in [-0.1, -0.05) is 48.2 Å². The van der Waals surface area contributed by atoms with E-state index in [1.807, 2.05) is 47.2 Å². The Kier molecular flexibility index (Phi) is 4.96. The zero-order valence-electron chi connectivity index (χ0n) is 12.2. The van der Waals surface area contributed by atoms with Crippen LogP contribution >= 0.6 is 23.1 Å². The molecule has 114 valence electrons. The molecule has 1 aliphatic heterocycles. The van der Waals surface area contributed by atoms with Gasteiger partial charge in [0, 0.05) is 15.8 Å². The fraction of sp³-hybridized carbons (Fsp3) is 0.111. The maximum absolute atomic E-state index is 10.7. The molecule has 1 aromatic carbocycles. The van der Waals surface area contributed by atoms with Crippen LogP contribution in [0.5, 0.6) is 5.06 Å². The summed E-state index contributed by atoms with van der Waals surface area (Å²) in [6.07, 6.45) is 3.46. The molecule has 0 fully saturated rings. The van der Waals surface area contributed by atoms with Crippen molar-refractivity contribution in [3.05, 3.63) is 63.2 Å². The van der Waals surface area contributed by atoms with Crippen LogP contribution in [0.1, 0.15) is 12.0 Å². The second-order valence-electron chi connectivity index (χ2n) is 4.90. The van der Waals surface area contributed by atoms with E-state index in [1.54, 1.807) is 0 Å². The van der Waals surface area contributed by atoms with Crippen molar-refractivity contribution >= 4 is 29.4 Å². The summed E-state index contributed by atoms with van der Waals surface area (Å²) < 4.78 is 5.84. The minimum atomic E-state index is 0.430. The van der Waals surface area contributed by atoms with Crippen LogP contribution in [0.4, 0.5) is 0 Å². The van der Waals surface area contributed by atoms with Gasteiger partial charge in [0.15, 0.2) is 11.3 Å². The highest BCUT2D eigenvalue weighted by Gasteiger charge is 2.15. The molecule has 0 unspecified atom stereocenters. The number of nitrogens with zero attached hydrogens (tertiary/aromatic N) is 1. The molecule has 0 amide bonds. The van der Waals surface area contributed by atoms with Crippen molar-refractivity contribution in [2.75, 3.05) is 6.61 Å². The number of aldehydes is 1. The number of carbonyl (C=O) groups excluding carboxylic acids is 1. The molecule has 3 rings (SSSR count). The molecule has 2 heterocycles. The molecule has 0 N–H and O–H groups in total.